The lowest BCUT2D eigenvalue weighted by Crippen LogP contribution is -2.53. The normalized spacial score (nSPS) is 12.1. The predicted molar refractivity (Wildman–Crippen MR) is 156 cm³/mol. The summed E-state index contributed by atoms with van der Waals surface area (Å²) in [6.07, 6.45) is 1.27. The number of benzene rings is 4. The summed E-state index contributed by atoms with van der Waals surface area (Å²) < 4.78 is 40.9. The highest BCUT2D eigenvalue weighted by atomic mass is 32.2. The van der Waals surface area contributed by atoms with Gasteiger partial charge in [0.25, 0.3) is 0 Å². The van der Waals surface area contributed by atoms with Gasteiger partial charge in [-0.2, -0.15) is 0 Å². The van der Waals surface area contributed by atoms with Crippen LogP contribution in [0.15, 0.2) is 97.1 Å². The fraction of sp³-hybridized carbons (Fsp3) is 0.226. The fourth-order valence-electron chi connectivity index (χ4n) is 4.65. The Labute approximate surface area is 234 Å². The molecule has 0 aliphatic heterocycles. The second-order valence-corrected chi connectivity index (χ2v) is 11.4. The maximum Gasteiger partial charge on any atom is 0.244 e. The van der Waals surface area contributed by atoms with Crippen LogP contribution in [0.4, 0.5) is 10.1 Å². The molecule has 0 bridgehead atoms. The lowest BCUT2D eigenvalue weighted by molar-refractivity contribution is -0.140. The molecule has 0 aromatic heterocycles. The average Bonchev–Trinajstić information content (AvgIpc) is 2.94. The number of rotatable bonds is 11. The number of carbonyl (C=O) groups excluding carboxylic acids is 2. The van der Waals surface area contributed by atoms with Gasteiger partial charge in [-0.15, -0.1) is 0 Å². The van der Waals surface area contributed by atoms with Crippen LogP contribution in [0.1, 0.15) is 18.1 Å². The molecule has 0 saturated heterocycles. The highest BCUT2D eigenvalue weighted by Crippen LogP contribution is 2.29. The SMILES string of the molecule is CCNC(=O)C(Cc1ccccc1)N(Cc1ccc(F)cc1)C(=O)CN(c1cccc2ccccc12)S(C)(=O)=O. The molecule has 40 heavy (non-hydrogen) atoms. The van der Waals surface area contributed by atoms with E-state index in [-0.39, 0.29) is 18.9 Å². The first-order chi connectivity index (χ1) is 19.2. The Hall–Kier alpha value is -4.24. The van der Waals surface area contributed by atoms with Crippen LogP contribution >= 0.6 is 0 Å². The summed E-state index contributed by atoms with van der Waals surface area (Å²) >= 11 is 0. The summed E-state index contributed by atoms with van der Waals surface area (Å²) in [7, 11) is -3.90. The van der Waals surface area contributed by atoms with Crippen molar-refractivity contribution in [3.63, 3.8) is 0 Å². The van der Waals surface area contributed by atoms with Gasteiger partial charge in [0.05, 0.1) is 11.9 Å². The molecule has 4 aromatic rings. The monoisotopic (exact) mass is 561 g/mol. The number of sulfonamides is 1. The maximum atomic E-state index is 14.1. The van der Waals surface area contributed by atoms with Gasteiger partial charge in [-0.05, 0) is 41.6 Å². The summed E-state index contributed by atoms with van der Waals surface area (Å²) in [6, 6.07) is 26.6. The minimum atomic E-state index is -3.90. The number of amides is 2. The van der Waals surface area contributed by atoms with Gasteiger partial charge in [-0.25, -0.2) is 12.8 Å². The molecule has 0 radical (unpaired) electrons. The third-order valence-corrected chi connectivity index (χ3v) is 7.73. The summed E-state index contributed by atoms with van der Waals surface area (Å²) in [6.45, 7) is 1.61. The van der Waals surface area contributed by atoms with E-state index in [9.17, 15) is 22.4 Å². The van der Waals surface area contributed by atoms with Crippen LogP contribution < -0.4 is 9.62 Å². The van der Waals surface area contributed by atoms with Crippen molar-refractivity contribution in [1.82, 2.24) is 10.2 Å². The van der Waals surface area contributed by atoms with E-state index < -0.39 is 34.3 Å². The van der Waals surface area contributed by atoms with Crippen molar-refractivity contribution in [2.75, 3.05) is 23.7 Å². The minimum Gasteiger partial charge on any atom is -0.355 e. The quantitative estimate of drug-likeness (QED) is 0.292. The molecule has 208 valence electrons. The van der Waals surface area contributed by atoms with E-state index in [1.165, 1.54) is 17.0 Å². The van der Waals surface area contributed by atoms with E-state index in [0.717, 1.165) is 21.5 Å². The van der Waals surface area contributed by atoms with Crippen LogP contribution in [-0.2, 0) is 32.6 Å². The van der Waals surface area contributed by atoms with E-state index in [4.69, 9.17) is 0 Å². The van der Waals surface area contributed by atoms with E-state index in [1.54, 1.807) is 43.3 Å². The van der Waals surface area contributed by atoms with Crippen molar-refractivity contribution < 1.29 is 22.4 Å². The Bertz CT molecular complexity index is 1570. The standard InChI is InChI=1S/C31H32FN3O4S/c1-3-33-31(37)29(20-23-10-5-4-6-11-23)34(21-24-16-18-26(32)19-17-24)30(36)22-35(40(2,38)39)28-15-9-13-25-12-7-8-14-27(25)28/h4-19,29H,3,20-22H2,1-2H3,(H,33,37). The molecule has 0 fully saturated rings. The Balaban J connectivity index is 1.77. The van der Waals surface area contributed by atoms with Crippen LogP contribution in [-0.4, -0.2) is 50.5 Å². The molecular formula is C31H32FN3O4S. The molecule has 1 unspecified atom stereocenters. The summed E-state index contributed by atoms with van der Waals surface area (Å²) in [4.78, 5) is 28.8. The minimum absolute atomic E-state index is 0.0130. The van der Waals surface area contributed by atoms with Crippen molar-refractivity contribution in [2.24, 2.45) is 0 Å². The highest BCUT2D eigenvalue weighted by Gasteiger charge is 2.33. The zero-order chi connectivity index (χ0) is 28.7. The number of hydrogen-bond acceptors (Lipinski definition) is 4. The van der Waals surface area contributed by atoms with Crippen molar-refractivity contribution in [3.05, 3.63) is 114 Å². The van der Waals surface area contributed by atoms with Crippen LogP contribution in [0.3, 0.4) is 0 Å². The number of nitrogens with one attached hydrogen (secondary N) is 1. The Morgan fingerprint density at radius 2 is 1.50 bits per heavy atom. The number of anilines is 1. The molecule has 7 nitrogen and oxygen atoms in total. The molecule has 4 aromatic carbocycles. The molecule has 4 rings (SSSR count). The summed E-state index contributed by atoms with van der Waals surface area (Å²) in [5.41, 5.74) is 1.81. The first-order valence-corrected chi connectivity index (χ1v) is 14.8. The van der Waals surface area contributed by atoms with E-state index >= 15 is 0 Å². The maximum absolute atomic E-state index is 14.1. The van der Waals surface area contributed by atoms with Gasteiger partial charge in [0.2, 0.25) is 21.8 Å². The second-order valence-electron chi connectivity index (χ2n) is 9.52. The van der Waals surface area contributed by atoms with Crippen molar-refractivity contribution in [2.45, 2.75) is 25.9 Å². The topological polar surface area (TPSA) is 86.8 Å². The van der Waals surface area contributed by atoms with Crippen LogP contribution in [0, 0.1) is 5.82 Å². The van der Waals surface area contributed by atoms with Crippen molar-refractivity contribution in [1.29, 1.82) is 0 Å². The molecule has 1 atom stereocenters. The molecular weight excluding hydrogens is 529 g/mol. The zero-order valence-corrected chi connectivity index (χ0v) is 23.3. The highest BCUT2D eigenvalue weighted by molar-refractivity contribution is 7.92. The largest absolute Gasteiger partial charge is 0.355 e. The number of hydrogen-bond donors (Lipinski definition) is 1. The third-order valence-electron chi connectivity index (χ3n) is 6.60. The molecule has 0 saturated carbocycles. The number of likely N-dealkylation sites (N-methyl/N-ethyl adjacent to an activating group) is 1. The molecule has 1 N–H and O–H groups in total. The molecule has 0 aliphatic rings. The summed E-state index contributed by atoms with van der Waals surface area (Å²) in [5, 5.41) is 4.32. The average molecular weight is 562 g/mol. The van der Waals surface area contributed by atoms with Crippen LogP contribution in [0.2, 0.25) is 0 Å². The lowest BCUT2D eigenvalue weighted by Gasteiger charge is -2.33. The Kier molecular flexibility index (Phi) is 9.16. The van der Waals surface area contributed by atoms with Crippen molar-refractivity contribution in [3.8, 4) is 0 Å². The number of nitrogens with zero attached hydrogens (tertiary/aromatic N) is 2. The van der Waals surface area contributed by atoms with Gasteiger partial charge in [-0.3, -0.25) is 13.9 Å². The number of halogens is 1. The van der Waals surface area contributed by atoms with Crippen LogP contribution in [0.5, 0.6) is 0 Å². The fourth-order valence-corrected chi connectivity index (χ4v) is 5.51. The molecule has 0 aliphatic carbocycles. The Morgan fingerprint density at radius 3 is 2.17 bits per heavy atom. The van der Waals surface area contributed by atoms with Gasteiger partial charge < -0.3 is 10.2 Å². The number of fused-ring (bicyclic) bond motifs is 1. The predicted octanol–water partition coefficient (Wildman–Crippen LogP) is 4.52. The smallest absolute Gasteiger partial charge is 0.244 e. The van der Waals surface area contributed by atoms with Gasteiger partial charge in [0.15, 0.2) is 0 Å². The first-order valence-electron chi connectivity index (χ1n) is 13.0. The van der Waals surface area contributed by atoms with E-state index in [2.05, 4.69) is 5.32 Å². The van der Waals surface area contributed by atoms with Crippen molar-refractivity contribution >= 4 is 38.3 Å². The van der Waals surface area contributed by atoms with Gasteiger partial charge in [0.1, 0.15) is 18.4 Å². The lowest BCUT2D eigenvalue weighted by atomic mass is 10.0. The first kappa shape index (κ1) is 28.8. The van der Waals surface area contributed by atoms with E-state index in [0.29, 0.717) is 23.2 Å². The molecule has 0 spiro atoms. The molecule has 2 amide bonds. The number of carbonyl (C=O) groups is 2. The molecule has 9 heteroatoms. The second kappa shape index (κ2) is 12.7. The van der Waals surface area contributed by atoms with Gasteiger partial charge >= 0.3 is 0 Å². The van der Waals surface area contributed by atoms with Gasteiger partial charge in [-0.1, -0.05) is 78.9 Å². The molecule has 0 heterocycles. The van der Waals surface area contributed by atoms with E-state index in [1.807, 2.05) is 48.5 Å². The Morgan fingerprint density at radius 1 is 0.850 bits per heavy atom. The summed E-state index contributed by atoms with van der Waals surface area (Å²) in [5.74, 6) is -1.35. The third kappa shape index (κ3) is 7.04. The van der Waals surface area contributed by atoms with Gasteiger partial charge in [0, 0.05) is 24.9 Å². The zero-order valence-electron chi connectivity index (χ0n) is 22.5. The van der Waals surface area contributed by atoms with Crippen LogP contribution in [0.25, 0.3) is 10.8 Å².